The summed E-state index contributed by atoms with van der Waals surface area (Å²) in [5.74, 6) is 1.55. The van der Waals surface area contributed by atoms with Crippen LogP contribution in [-0.4, -0.2) is 38.5 Å². The van der Waals surface area contributed by atoms with E-state index in [1.54, 1.807) is 14.0 Å². The Kier molecular flexibility index (Phi) is 7.24. The minimum atomic E-state index is -0.463. The fraction of sp³-hybridized carbons (Fsp3) is 0.286. The summed E-state index contributed by atoms with van der Waals surface area (Å²) in [5.41, 5.74) is 2.26. The summed E-state index contributed by atoms with van der Waals surface area (Å²) in [7, 11) is 1.63. The van der Waals surface area contributed by atoms with Crippen molar-refractivity contribution in [2.24, 2.45) is 0 Å². The highest BCUT2D eigenvalue weighted by molar-refractivity contribution is 7.99. The second kappa shape index (κ2) is 10.1. The Morgan fingerprint density at radius 2 is 1.97 bits per heavy atom. The molecule has 0 saturated carbocycles. The zero-order valence-corrected chi connectivity index (χ0v) is 18.3. The summed E-state index contributed by atoms with van der Waals surface area (Å²) in [6.45, 7) is 4.41. The highest BCUT2D eigenvalue weighted by Crippen LogP contribution is 2.23. The molecule has 3 aromatic rings. The first-order valence-corrected chi connectivity index (χ1v) is 10.6. The van der Waals surface area contributed by atoms with Gasteiger partial charge < -0.3 is 14.6 Å². The van der Waals surface area contributed by atoms with E-state index in [-0.39, 0.29) is 17.3 Å². The van der Waals surface area contributed by atoms with Crippen LogP contribution < -0.4 is 10.1 Å². The Balaban J connectivity index is 1.62. The van der Waals surface area contributed by atoms with E-state index in [1.165, 1.54) is 30.0 Å². The molecule has 10 heteroatoms. The lowest BCUT2D eigenvalue weighted by Crippen LogP contribution is -2.15. The van der Waals surface area contributed by atoms with Crippen LogP contribution in [0.5, 0.6) is 5.75 Å². The van der Waals surface area contributed by atoms with Gasteiger partial charge in [-0.25, -0.2) is 0 Å². The highest BCUT2D eigenvalue weighted by atomic mass is 32.2. The van der Waals surface area contributed by atoms with Gasteiger partial charge >= 0.3 is 0 Å². The van der Waals surface area contributed by atoms with Crippen molar-refractivity contribution in [3.63, 3.8) is 0 Å². The van der Waals surface area contributed by atoms with Gasteiger partial charge in [0.2, 0.25) is 5.91 Å². The van der Waals surface area contributed by atoms with E-state index in [0.717, 1.165) is 17.1 Å². The quantitative estimate of drug-likeness (QED) is 0.305. The standard InChI is InChI=1S/C21H23N5O4S/c1-4-25-19(12-15-5-8-17(30-3)9-6-15)23-24-21(25)31-13-20(27)22-18-10-7-16(26(28)29)11-14(18)2/h5-11H,4,12-13H2,1-3H3,(H,22,27). The fourth-order valence-electron chi connectivity index (χ4n) is 3.02. The summed E-state index contributed by atoms with van der Waals surface area (Å²) in [6.07, 6.45) is 0.625. The Morgan fingerprint density at radius 3 is 2.58 bits per heavy atom. The third-order valence-corrected chi connectivity index (χ3v) is 5.62. The third kappa shape index (κ3) is 5.60. The summed E-state index contributed by atoms with van der Waals surface area (Å²) in [4.78, 5) is 22.8. The molecule has 1 aromatic heterocycles. The number of ether oxygens (including phenoxy) is 1. The van der Waals surface area contributed by atoms with E-state index in [2.05, 4.69) is 15.5 Å². The number of amides is 1. The van der Waals surface area contributed by atoms with E-state index in [4.69, 9.17) is 4.74 Å². The number of anilines is 1. The molecule has 0 aliphatic heterocycles. The van der Waals surface area contributed by atoms with Gasteiger partial charge in [0.25, 0.3) is 5.69 Å². The molecule has 1 N–H and O–H groups in total. The van der Waals surface area contributed by atoms with Gasteiger partial charge in [-0.15, -0.1) is 10.2 Å². The predicted octanol–water partition coefficient (Wildman–Crippen LogP) is 3.84. The molecule has 0 saturated heterocycles. The number of benzene rings is 2. The van der Waals surface area contributed by atoms with Crippen molar-refractivity contribution in [2.75, 3.05) is 18.2 Å². The molecule has 162 valence electrons. The molecule has 1 amide bonds. The molecule has 0 spiro atoms. The summed E-state index contributed by atoms with van der Waals surface area (Å²) in [5, 5.41) is 22.8. The number of nitro benzene ring substituents is 1. The van der Waals surface area contributed by atoms with Crippen LogP contribution in [0.4, 0.5) is 11.4 Å². The van der Waals surface area contributed by atoms with Crippen molar-refractivity contribution in [2.45, 2.75) is 32.0 Å². The summed E-state index contributed by atoms with van der Waals surface area (Å²) in [6, 6.07) is 12.1. The average Bonchev–Trinajstić information content (AvgIpc) is 3.15. The van der Waals surface area contributed by atoms with Crippen molar-refractivity contribution in [1.29, 1.82) is 0 Å². The van der Waals surface area contributed by atoms with Crippen molar-refractivity contribution in [1.82, 2.24) is 14.8 Å². The summed E-state index contributed by atoms with van der Waals surface area (Å²) < 4.78 is 7.17. The van der Waals surface area contributed by atoms with Crippen molar-refractivity contribution in [3.05, 3.63) is 69.5 Å². The molecule has 31 heavy (non-hydrogen) atoms. The lowest BCUT2D eigenvalue weighted by atomic mass is 10.1. The van der Waals surface area contributed by atoms with Crippen LogP contribution in [-0.2, 0) is 17.8 Å². The first-order chi connectivity index (χ1) is 14.9. The number of methoxy groups -OCH3 is 1. The van der Waals surface area contributed by atoms with E-state index in [1.807, 2.05) is 35.8 Å². The molecule has 0 aliphatic carbocycles. The molecule has 2 aromatic carbocycles. The van der Waals surface area contributed by atoms with E-state index in [0.29, 0.717) is 29.4 Å². The first-order valence-electron chi connectivity index (χ1n) is 9.64. The molecule has 9 nitrogen and oxygen atoms in total. The van der Waals surface area contributed by atoms with Gasteiger partial charge in [0.15, 0.2) is 5.16 Å². The van der Waals surface area contributed by atoms with Crippen LogP contribution in [0, 0.1) is 17.0 Å². The van der Waals surface area contributed by atoms with Gasteiger partial charge in [-0.3, -0.25) is 14.9 Å². The van der Waals surface area contributed by atoms with Gasteiger partial charge in [-0.2, -0.15) is 0 Å². The van der Waals surface area contributed by atoms with E-state index >= 15 is 0 Å². The van der Waals surface area contributed by atoms with E-state index in [9.17, 15) is 14.9 Å². The monoisotopic (exact) mass is 441 g/mol. The summed E-state index contributed by atoms with van der Waals surface area (Å²) >= 11 is 1.30. The van der Waals surface area contributed by atoms with Gasteiger partial charge in [0, 0.05) is 30.8 Å². The fourth-order valence-corrected chi connectivity index (χ4v) is 3.84. The zero-order chi connectivity index (χ0) is 22.4. The van der Waals surface area contributed by atoms with Crippen LogP contribution in [0.15, 0.2) is 47.6 Å². The second-order valence-corrected chi connectivity index (χ2v) is 7.70. The number of aryl methyl sites for hydroxylation is 1. The topological polar surface area (TPSA) is 112 Å². The van der Waals surface area contributed by atoms with Crippen LogP contribution >= 0.6 is 11.8 Å². The maximum absolute atomic E-state index is 12.4. The number of rotatable bonds is 9. The van der Waals surface area contributed by atoms with Crippen LogP contribution in [0.25, 0.3) is 0 Å². The van der Waals surface area contributed by atoms with E-state index < -0.39 is 4.92 Å². The SMILES string of the molecule is CCn1c(Cc2ccc(OC)cc2)nnc1SCC(=O)Nc1ccc([N+](=O)[O-])cc1C. The first kappa shape index (κ1) is 22.3. The van der Waals surface area contributed by atoms with Gasteiger partial charge in [0.05, 0.1) is 17.8 Å². The lowest BCUT2D eigenvalue weighted by Gasteiger charge is -2.09. The zero-order valence-electron chi connectivity index (χ0n) is 17.5. The maximum Gasteiger partial charge on any atom is 0.269 e. The van der Waals surface area contributed by atoms with Crippen LogP contribution in [0.3, 0.4) is 0 Å². The Hall–Kier alpha value is -3.40. The Bertz CT molecular complexity index is 1080. The number of nitro groups is 1. The Morgan fingerprint density at radius 1 is 1.23 bits per heavy atom. The van der Waals surface area contributed by atoms with Crippen molar-refractivity contribution < 1.29 is 14.5 Å². The minimum Gasteiger partial charge on any atom is -0.497 e. The molecule has 1 heterocycles. The third-order valence-electron chi connectivity index (χ3n) is 4.66. The Labute approximate surface area is 184 Å². The molecule has 0 atom stereocenters. The molecule has 3 rings (SSSR count). The second-order valence-electron chi connectivity index (χ2n) is 6.76. The van der Waals surface area contributed by atoms with Gasteiger partial charge in [-0.1, -0.05) is 23.9 Å². The minimum absolute atomic E-state index is 0.00897. The van der Waals surface area contributed by atoms with Crippen molar-refractivity contribution >= 4 is 29.0 Å². The van der Waals surface area contributed by atoms with Crippen LogP contribution in [0.2, 0.25) is 0 Å². The smallest absolute Gasteiger partial charge is 0.269 e. The maximum atomic E-state index is 12.4. The highest BCUT2D eigenvalue weighted by Gasteiger charge is 2.15. The molecule has 0 aliphatic rings. The molecular formula is C21H23N5O4S. The molecule has 0 fully saturated rings. The molecule has 0 unspecified atom stereocenters. The molecular weight excluding hydrogens is 418 g/mol. The predicted molar refractivity (Wildman–Crippen MR) is 119 cm³/mol. The number of non-ortho nitro benzene ring substituents is 1. The van der Waals surface area contributed by atoms with Gasteiger partial charge in [-0.05, 0) is 43.2 Å². The van der Waals surface area contributed by atoms with Crippen LogP contribution in [0.1, 0.15) is 23.9 Å². The number of nitrogens with one attached hydrogen (secondary N) is 1. The number of nitrogens with zero attached hydrogens (tertiary/aromatic N) is 4. The number of hydrogen-bond acceptors (Lipinski definition) is 7. The molecule has 0 radical (unpaired) electrons. The molecule has 0 bridgehead atoms. The number of carbonyl (C=O) groups excluding carboxylic acids is 1. The normalized spacial score (nSPS) is 10.7. The lowest BCUT2D eigenvalue weighted by molar-refractivity contribution is -0.384. The average molecular weight is 442 g/mol. The van der Waals surface area contributed by atoms with Crippen molar-refractivity contribution in [3.8, 4) is 5.75 Å². The number of carbonyl (C=O) groups is 1. The van der Waals surface area contributed by atoms with Gasteiger partial charge in [0.1, 0.15) is 11.6 Å². The number of hydrogen-bond donors (Lipinski definition) is 1. The number of thioether (sulfide) groups is 1. The number of aromatic nitrogens is 3. The largest absolute Gasteiger partial charge is 0.497 e.